The molecule has 0 saturated carbocycles. The minimum Gasteiger partial charge on any atom is -0.370 e. The molecular weight excluding hydrogens is 286 g/mol. The van der Waals surface area contributed by atoms with Crippen molar-refractivity contribution in [1.82, 2.24) is 19.9 Å². The molecule has 0 spiro atoms. The maximum atomic E-state index is 11.4. The van der Waals surface area contributed by atoms with E-state index in [1.54, 1.807) is 0 Å². The summed E-state index contributed by atoms with van der Waals surface area (Å²) in [4.78, 5) is 27.3. The highest BCUT2D eigenvalue weighted by atomic mass is 32.2. The number of H-pyrrole nitrogens is 1. The fourth-order valence-electron chi connectivity index (χ4n) is 1.81. The van der Waals surface area contributed by atoms with Gasteiger partial charge < -0.3 is 10.3 Å². The van der Waals surface area contributed by atoms with Crippen LogP contribution >= 0.6 is 11.8 Å². The first-order valence-corrected chi connectivity index (χ1v) is 7.80. The average Bonchev–Trinajstić information content (AvgIpc) is 2.44. The molecule has 0 radical (unpaired) electrons. The van der Waals surface area contributed by atoms with Gasteiger partial charge in [0.05, 0.1) is 0 Å². The Hall–Kier alpha value is -1.89. The van der Waals surface area contributed by atoms with Crippen LogP contribution in [0.5, 0.6) is 0 Å². The van der Waals surface area contributed by atoms with Gasteiger partial charge in [-0.05, 0) is 32.0 Å². The summed E-state index contributed by atoms with van der Waals surface area (Å²) < 4.78 is 0. The van der Waals surface area contributed by atoms with E-state index in [0.717, 1.165) is 41.6 Å². The highest BCUT2D eigenvalue weighted by Gasteiger charge is 2.12. The van der Waals surface area contributed by atoms with Gasteiger partial charge in [0, 0.05) is 30.8 Å². The summed E-state index contributed by atoms with van der Waals surface area (Å²) in [5.74, 6) is 1.65. The molecule has 0 saturated heterocycles. The molecular formula is C14H19N5OS. The zero-order chi connectivity index (χ0) is 15.2. The van der Waals surface area contributed by atoms with Crippen molar-refractivity contribution in [3.63, 3.8) is 0 Å². The summed E-state index contributed by atoms with van der Waals surface area (Å²) in [5.41, 5.74) is 0.799. The van der Waals surface area contributed by atoms with Crippen molar-refractivity contribution in [3.05, 3.63) is 34.0 Å². The molecule has 0 amide bonds. The van der Waals surface area contributed by atoms with E-state index < -0.39 is 0 Å². The minimum atomic E-state index is -0.167. The summed E-state index contributed by atoms with van der Waals surface area (Å²) >= 11 is 1.35. The number of rotatable bonds is 6. The maximum Gasteiger partial charge on any atom is 0.251 e. The second-order valence-electron chi connectivity index (χ2n) is 4.54. The first-order valence-electron chi connectivity index (χ1n) is 6.98. The van der Waals surface area contributed by atoms with Crippen LogP contribution in [-0.4, -0.2) is 26.5 Å². The van der Waals surface area contributed by atoms with Crippen LogP contribution in [0.25, 0.3) is 0 Å². The Kier molecular flexibility index (Phi) is 5.32. The number of hydrogen-bond donors (Lipinski definition) is 2. The molecule has 0 unspecified atom stereocenters. The van der Waals surface area contributed by atoms with Crippen molar-refractivity contribution in [3.8, 4) is 0 Å². The quantitative estimate of drug-likeness (QED) is 0.630. The largest absolute Gasteiger partial charge is 0.370 e. The summed E-state index contributed by atoms with van der Waals surface area (Å²) in [7, 11) is 0. The molecule has 2 heterocycles. The van der Waals surface area contributed by atoms with Crippen LogP contribution in [0.2, 0.25) is 0 Å². The highest BCUT2D eigenvalue weighted by Crippen LogP contribution is 2.28. The van der Waals surface area contributed by atoms with Crippen molar-refractivity contribution in [1.29, 1.82) is 0 Å². The molecule has 2 rings (SSSR count). The molecule has 0 atom stereocenters. The third-order valence-corrected chi connectivity index (χ3v) is 3.80. The number of aromatic amines is 1. The lowest BCUT2D eigenvalue weighted by Gasteiger charge is -2.12. The smallest absolute Gasteiger partial charge is 0.251 e. The predicted octanol–water partition coefficient (Wildman–Crippen LogP) is 2.40. The molecule has 0 aromatic carbocycles. The monoisotopic (exact) mass is 305 g/mol. The van der Waals surface area contributed by atoms with E-state index in [1.165, 1.54) is 24.0 Å². The standard InChI is InChI=1S/C14H19N5OS/c1-4-6-10-17-12(15-5-2)9(3)13(18-10)21-14-16-8-7-11(20)19-14/h7-8H,4-6H2,1-3H3,(H,15,17,18)(H,16,19,20). The normalized spacial score (nSPS) is 10.6. The zero-order valence-electron chi connectivity index (χ0n) is 12.4. The second-order valence-corrected chi connectivity index (χ2v) is 5.52. The first kappa shape index (κ1) is 15.5. The summed E-state index contributed by atoms with van der Waals surface area (Å²) in [5, 5.41) is 4.61. The molecule has 0 aliphatic rings. The van der Waals surface area contributed by atoms with E-state index in [0.29, 0.717) is 5.16 Å². The van der Waals surface area contributed by atoms with E-state index in [1.807, 2.05) is 13.8 Å². The topological polar surface area (TPSA) is 83.6 Å². The molecule has 2 aromatic rings. The van der Waals surface area contributed by atoms with Crippen molar-refractivity contribution in [2.45, 2.75) is 43.8 Å². The van der Waals surface area contributed by atoms with Gasteiger partial charge in [0.25, 0.3) is 5.56 Å². The number of nitrogens with zero attached hydrogens (tertiary/aromatic N) is 3. The molecule has 7 heteroatoms. The Labute approximate surface area is 127 Å². The number of anilines is 1. The van der Waals surface area contributed by atoms with Crippen molar-refractivity contribution >= 4 is 17.6 Å². The van der Waals surface area contributed by atoms with E-state index in [2.05, 4.69) is 32.2 Å². The van der Waals surface area contributed by atoms with Gasteiger partial charge in [-0.15, -0.1) is 0 Å². The molecule has 0 aliphatic carbocycles. The van der Waals surface area contributed by atoms with Crippen LogP contribution in [0.1, 0.15) is 31.7 Å². The summed E-state index contributed by atoms with van der Waals surface area (Å²) in [6.07, 6.45) is 3.31. The highest BCUT2D eigenvalue weighted by molar-refractivity contribution is 7.99. The lowest BCUT2D eigenvalue weighted by molar-refractivity contribution is 0.800. The number of hydrogen-bond acceptors (Lipinski definition) is 6. The van der Waals surface area contributed by atoms with Gasteiger partial charge in [0.15, 0.2) is 5.16 Å². The summed E-state index contributed by atoms with van der Waals surface area (Å²) in [6.45, 7) is 6.90. The Morgan fingerprint density at radius 1 is 1.33 bits per heavy atom. The van der Waals surface area contributed by atoms with E-state index in [-0.39, 0.29) is 5.56 Å². The summed E-state index contributed by atoms with van der Waals surface area (Å²) in [6, 6.07) is 1.39. The lowest BCUT2D eigenvalue weighted by Crippen LogP contribution is -2.09. The maximum absolute atomic E-state index is 11.4. The second kappa shape index (κ2) is 7.21. The lowest BCUT2D eigenvalue weighted by atomic mass is 10.3. The molecule has 6 nitrogen and oxygen atoms in total. The van der Waals surface area contributed by atoms with Gasteiger partial charge in [0.1, 0.15) is 16.7 Å². The molecule has 112 valence electrons. The first-order chi connectivity index (χ1) is 10.1. The molecule has 2 N–H and O–H groups in total. The molecule has 0 fully saturated rings. The Morgan fingerprint density at radius 2 is 2.14 bits per heavy atom. The van der Waals surface area contributed by atoms with Gasteiger partial charge >= 0.3 is 0 Å². The van der Waals surface area contributed by atoms with Crippen molar-refractivity contribution in [2.24, 2.45) is 0 Å². The van der Waals surface area contributed by atoms with E-state index in [9.17, 15) is 4.79 Å². The number of nitrogens with one attached hydrogen (secondary N) is 2. The van der Waals surface area contributed by atoms with Crippen molar-refractivity contribution < 1.29 is 0 Å². The van der Waals surface area contributed by atoms with Crippen LogP contribution < -0.4 is 10.9 Å². The van der Waals surface area contributed by atoms with Gasteiger partial charge in [-0.3, -0.25) is 4.79 Å². The van der Waals surface area contributed by atoms with Gasteiger partial charge in [0.2, 0.25) is 0 Å². The third-order valence-electron chi connectivity index (χ3n) is 2.81. The fourth-order valence-corrected chi connectivity index (χ4v) is 2.66. The van der Waals surface area contributed by atoms with E-state index >= 15 is 0 Å². The molecule has 0 bridgehead atoms. The van der Waals surface area contributed by atoms with Crippen LogP contribution in [0, 0.1) is 6.92 Å². The predicted molar refractivity (Wildman–Crippen MR) is 83.9 cm³/mol. The molecule has 2 aromatic heterocycles. The van der Waals surface area contributed by atoms with Gasteiger partial charge in [-0.1, -0.05) is 6.92 Å². The van der Waals surface area contributed by atoms with E-state index in [4.69, 9.17) is 0 Å². The SMILES string of the molecule is CCCc1nc(NCC)c(C)c(Sc2nccc(=O)[nH]2)n1. The Morgan fingerprint density at radius 3 is 2.81 bits per heavy atom. The fraction of sp³-hybridized carbons (Fsp3) is 0.429. The molecule has 0 aliphatic heterocycles. The minimum absolute atomic E-state index is 0.167. The van der Waals surface area contributed by atoms with Gasteiger partial charge in [-0.2, -0.15) is 0 Å². The average molecular weight is 305 g/mol. The van der Waals surface area contributed by atoms with Crippen LogP contribution in [0.3, 0.4) is 0 Å². The van der Waals surface area contributed by atoms with Crippen LogP contribution in [0.15, 0.2) is 27.2 Å². The zero-order valence-corrected chi connectivity index (χ0v) is 13.3. The van der Waals surface area contributed by atoms with Crippen LogP contribution in [0.4, 0.5) is 5.82 Å². The molecule has 21 heavy (non-hydrogen) atoms. The third kappa shape index (κ3) is 4.04. The van der Waals surface area contributed by atoms with Crippen LogP contribution in [-0.2, 0) is 6.42 Å². The van der Waals surface area contributed by atoms with Crippen molar-refractivity contribution in [2.75, 3.05) is 11.9 Å². The Balaban J connectivity index is 2.38. The van der Waals surface area contributed by atoms with Gasteiger partial charge in [-0.25, -0.2) is 15.0 Å². The Bertz CT molecular complexity index is 671. The number of aryl methyl sites for hydroxylation is 1. The number of aromatic nitrogens is 4.